The lowest BCUT2D eigenvalue weighted by Gasteiger charge is -2.21. The van der Waals surface area contributed by atoms with Crippen molar-refractivity contribution in [1.82, 2.24) is 0 Å². The summed E-state index contributed by atoms with van der Waals surface area (Å²) in [5.41, 5.74) is 7.99. The lowest BCUT2D eigenvalue weighted by Crippen LogP contribution is -2.22. The Labute approximate surface area is 125 Å². The number of rotatable bonds is 7. The minimum Gasteiger partial charge on any atom is -0.389 e. The second kappa shape index (κ2) is 6.62. The molecule has 1 saturated carbocycles. The third-order valence-corrected chi connectivity index (χ3v) is 4.64. The van der Waals surface area contributed by atoms with Gasteiger partial charge in [-0.05, 0) is 37.1 Å². The van der Waals surface area contributed by atoms with Crippen molar-refractivity contribution in [3.8, 4) is 0 Å². The molecule has 1 fully saturated rings. The summed E-state index contributed by atoms with van der Waals surface area (Å²) in [7, 11) is 0. The fraction of sp³-hybridized carbons (Fsp3) is 0.533. The van der Waals surface area contributed by atoms with Gasteiger partial charge in [0.15, 0.2) is 0 Å². The highest BCUT2D eigenvalue weighted by Gasteiger charge is 2.25. The highest BCUT2D eigenvalue weighted by Crippen LogP contribution is 2.35. The number of thioether (sulfide) groups is 1. The van der Waals surface area contributed by atoms with Crippen molar-refractivity contribution < 1.29 is 0 Å². The third kappa shape index (κ3) is 3.86. The van der Waals surface area contributed by atoms with Gasteiger partial charge in [-0.1, -0.05) is 38.0 Å². The largest absolute Gasteiger partial charge is 0.389 e. The van der Waals surface area contributed by atoms with Gasteiger partial charge >= 0.3 is 0 Å². The number of hydrogen-bond donors (Lipinski definition) is 2. The Morgan fingerprint density at radius 3 is 2.79 bits per heavy atom. The van der Waals surface area contributed by atoms with E-state index in [2.05, 4.69) is 36.7 Å². The maximum atomic E-state index is 5.90. The summed E-state index contributed by atoms with van der Waals surface area (Å²) < 4.78 is 0. The van der Waals surface area contributed by atoms with Gasteiger partial charge in [0.1, 0.15) is 4.99 Å². The van der Waals surface area contributed by atoms with Crippen molar-refractivity contribution in [3.63, 3.8) is 0 Å². The van der Waals surface area contributed by atoms with Gasteiger partial charge in [-0.15, -0.1) is 11.8 Å². The number of nitrogens with one attached hydrogen (secondary N) is 1. The van der Waals surface area contributed by atoms with Crippen LogP contribution < -0.4 is 11.1 Å². The number of thiocarbonyl (C=S) groups is 1. The van der Waals surface area contributed by atoms with Gasteiger partial charge in [0.25, 0.3) is 0 Å². The van der Waals surface area contributed by atoms with E-state index in [1.807, 2.05) is 0 Å². The van der Waals surface area contributed by atoms with E-state index in [1.165, 1.54) is 19.3 Å². The quantitative estimate of drug-likeness (QED) is 0.588. The summed E-state index contributed by atoms with van der Waals surface area (Å²) in [5.74, 6) is 0.925. The molecular weight excluding hydrogens is 272 g/mol. The van der Waals surface area contributed by atoms with Crippen LogP contribution in [0.2, 0.25) is 0 Å². The summed E-state index contributed by atoms with van der Waals surface area (Å²) in [4.78, 5) is 1.63. The molecule has 0 saturated heterocycles. The third-order valence-electron chi connectivity index (χ3n) is 3.66. The van der Waals surface area contributed by atoms with E-state index in [1.54, 1.807) is 11.8 Å². The summed E-state index contributed by atoms with van der Waals surface area (Å²) in [6.45, 7) is 2.24. The van der Waals surface area contributed by atoms with E-state index in [0.717, 1.165) is 28.5 Å². The topological polar surface area (TPSA) is 38.0 Å². The highest BCUT2D eigenvalue weighted by atomic mass is 32.2. The maximum Gasteiger partial charge on any atom is 0.107 e. The van der Waals surface area contributed by atoms with Crippen LogP contribution in [0.4, 0.5) is 5.69 Å². The Balaban J connectivity index is 2.19. The molecule has 1 unspecified atom stereocenters. The molecule has 0 bridgehead atoms. The van der Waals surface area contributed by atoms with Crippen LogP contribution in [0.3, 0.4) is 0 Å². The lowest BCUT2D eigenvalue weighted by molar-refractivity contribution is 0.587. The van der Waals surface area contributed by atoms with Gasteiger partial charge in [-0.2, -0.15) is 0 Å². The molecule has 0 spiro atoms. The highest BCUT2D eigenvalue weighted by molar-refractivity contribution is 7.98. The van der Waals surface area contributed by atoms with Crippen LogP contribution in [0, 0.1) is 5.92 Å². The number of anilines is 1. The van der Waals surface area contributed by atoms with Gasteiger partial charge in [-0.3, -0.25) is 0 Å². The molecule has 1 aliphatic carbocycles. The number of benzene rings is 1. The van der Waals surface area contributed by atoms with Crippen LogP contribution >= 0.6 is 24.0 Å². The first-order valence-corrected chi connectivity index (χ1v) is 8.52. The van der Waals surface area contributed by atoms with Gasteiger partial charge < -0.3 is 11.1 Å². The fourth-order valence-electron chi connectivity index (χ4n) is 2.38. The Morgan fingerprint density at radius 2 is 2.26 bits per heavy atom. The van der Waals surface area contributed by atoms with E-state index < -0.39 is 0 Å². The molecule has 1 aliphatic rings. The predicted octanol–water partition coefficient (Wildman–Crippen LogP) is 4.03. The SMILES string of the molecule is CCC(CC1CC1)Nc1cccc(SC)c1C(N)=S. The molecule has 0 aromatic heterocycles. The van der Waals surface area contributed by atoms with Crippen LogP contribution in [0.15, 0.2) is 23.1 Å². The van der Waals surface area contributed by atoms with Crippen molar-refractivity contribution in [1.29, 1.82) is 0 Å². The van der Waals surface area contributed by atoms with E-state index in [0.29, 0.717) is 11.0 Å². The second-order valence-electron chi connectivity index (χ2n) is 5.18. The number of hydrogen-bond acceptors (Lipinski definition) is 3. The van der Waals surface area contributed by atoms with Crippen molar-refractivity contribution in [2.24, 2.45) is 11.7 Å². The molecule has 0 amide bonds. The van der Waals surface area contributed by atoms with Crippen molar-refractivity contribution in [3.05, 3.63) is 23.8 Å². The standard InChI is InChI=1S/C15H22N2S2/c1-3-11(9-10-7-8-10)17-12-5-4-6-13(19-2)14(12)15(16)18/h4-6,10-11,17H,3,7-9H2,1-2H3,(H2,16,18). The molecule has 0 heterocycles. The zero-order valence-electron chi connectivity index (χ0n) is 11.6. The van der Waals surface area contributed by atoms with Crippen LogP contribution in [-0.4, -0.2) is 17.3 Å². The first-order chi connectivity index (χ1) is 9.15. The Kier molecular flexibility index (Phi) is 5.11. The zero-order valence-corrected chi connectivity index (χ0v) is 13.2. The maximum absolute atomic E-state index is 5.90. The molecular formula is C15H22N2S2. The molecule has 0 radical (unpaired) electrons. The smallest absolute Gasteiger partial charge is 0.107 e. The Morgan fingerprint density at radius 1 is 1.53 bits per heavy atom. The Bertz CT molecular complexity index is 455. The van der Waals surface area contributed by atoms with Crippen molar-refractivity contribution in [2.45, 2.75) is 43.5 Å². The van der Waals surface area contributed by atoms with Gasteiger partial charge in [0.05, 0.1) is 0 Å². The molecule has 3 N–H and O–H groups in total. The zero-order chi connectivity index (χ0) is 13.8. The molecule has 104 valence electrons. The minimum atomic E-state index is 0.480. The van der Waals surface area contributed by atoms with E-state index in [4.69, 9.17) is 18.0 Å². The average Bonchev–Trinajstić information content (AvgIpc) is 3.21. The van der Waals surface area contributed by atoms with Gasteiger partial charge in [0, 0.05) is 22.2 Å². The lowest BCUT2D eigenvalue weighted by atomic mass is 10.1. The van der Waals surface area contributed by atoms with Crippen LogP contribution in [0.25, 0.3) is 0 Å². The van der Waals surface area contributed by atoms with Crippen molar-refractivity contribution >= 4 is 34.7 Å². The molecule has 0 aliphatic heterocycles. The summed E-state index contributed by atoms with van der Waals surface area (Å²) in [6.07, 6.45) is 7.24. The van der Waals surface area contributed by atoms with E-state index in [9.17, 15) is 0 Å². The van der Waals surface area contributed by atoms with E-state index >= 15 is 0 Å². The van der Waals surface area contributed by atoms with Crippen molar-refractivity contribution in [2.75, 3.05) is 11.6 Å². The number of nitrogens with two attached hydrogens (primary N) is 1. The summed E-state index contributed by atoms with van der Waals surface area (Å²) in [6, 6.07) is 6.76. The molecule has 1 aromatic rings. The first-order valence-electron chi connectivity index (χ1n) is 6.89. The molecule has 19 heavy (non-hydrogen) atoms. The monoisotopic (exact) mass is 294 g/mol. The first kappa shape index (κ1) is 14.7. The fourth-order valence-corrected chi connectivity index (χ4v) is 3.30. The predicted molar refractivity (Wildman–Crippen MR) is 89.2 cm³/mol. The van der Waals surface area contributed by atoms with Gasteiger partial charge in [-0.25, -0.2) is 0 Å². The second-order valence-corrected chi connectivity index (χ2v) is 6.46. The normalized spacial score (nSPS) is 16.1. The van der Waals surface area contributed by atoms with Crippen LogP contribution in [0.1, 0.15) is 38.2 Å². The summed E-state index contributed by atoms with van der Waals surface area (Å²) >= 11 is 6.91. The molecule has 1 aromatic carbocycles. The average molecular weight is 294 g/mol. The molecule has 2 rings (SSSR count). The molecule has 4 heteroatoms. The minimum absolute atomic E-state index is 0.480. The van der Waals surface area contributed by atoms with Gasteiger partial charge in [0.2, 0.25) is 0 Å². The molecule has 2 nitrogen and oxygen atoms in total. The van der Waals surface area contributed by atoms with E-state index in [-0.39, 0.29) is 0 Å². The van der Waals surface area contributed by atoms with Crippen LogP contribution in [-0.2, 0) is 0 Å². The molecule has 1 atom stereocenters. The summed E-state index contributed by atoms with van der Waals surface area (Å²) in [5, 5.41) is 3.64. The van der Waals surface area contributed by atoms with Crippen LogP contribution in [0.5, 0.6) is 0 Å². The Hall–Kier alpha value is -0.740.